The summed E-state index contributed by atoms with van der Waals surface area (Å²) in [5.74, 6) is 0. The van der Waals surface area contributed by atoms with E-state index in [1.807, 2.05) is 0 Å². The minimum atomic E-state index is -3.19. The SMILES string of the molecule is C=C(CNCCO)P(=O)(OCC)OCC. The molecule has 0 unspecified atom stereocenters. The molecule has 0 radical (unpaired) electrons. The Balaban J connectivity index is 4.22. The smallest absolute Gasteiger partial charge is 0.358 e. The molecule has 0 fully saturated rings. The van der Waals surface area contributed by atoms with Crippen LogP contribution in [0, 0.1) is 0 Å². The van der Waals surface area contributed by atoms with Gasteiger partial charge in [-0.15, -0.1) is 0 Å². The first kappa shape index (κ1) is 14.8. The van der Waals surface area contributed by atoms with Crippen LogP contribution in [0.3, 0.4) is 0 Å². The quantitative estimate of drug-likeness (QED) is 0.468. The molecule has 0 aromatic heterocycles. The molecule has 0 saturated carbocycles. The first-order valence-electron chi connectivity index (χ1n) is 4.99. The third-order valence-electron chi connectivity index (χ3n) is 1.60. The van der Waals surface area contributed by atoms with Gasteiger partial charge in [0.25, 0.3) is 0 Å². The number of rotatable bonds is 9. The normalized spacial score (nSPS) is 11.7. The van der Waals surface area contributed by atoms with E-state index in [2.05, 4.69) is 11.9 Å². The molecule has 6 heteroatoms. The third-order valence-corrected chi connectivity index (χ3v) is 3.73. The number of aliphatic hydroxyl groups is 1. The average molecular weight is 237 g/mol. The van der Waals surface area contributed by atoms with E-state index in [9.17, 15) is 4.57 Å². The van der Waals surface area contributed by atoms with Crippen molar-refractivity contribution in [2.75, 3.05) is 32.9 Å². The van der Waals surface area contributed by atoms with Crippen molar-refractivity contribution in [3.63, 3.8) is 0 Å². The summed E-state index contributed by atoms with van der Waals surface area (Å²) in [5, 5.41) is 11.8. The van der Waals surface area contributed by atoms with E-state index in [1.54, 1.807) is 13.8 Å². The van der Waals surface area contributed by atoms with Crippen molar-refractivity contribution in [2.45, 2.75) is 13.8 Å². The van der Waals surface area contributed by atoms with E-state index in [4.69, 9.17) is 14.2 Å². The molecule has 0 atom stereocenters. The minimum Gasteiger partial charge on any atom is -0.395 e. The Labute approximate surface area is 91.0 Å². The van der Waals surface area contributed by atoms with Crippen molar-refractivity contribution in [3.8, 4) is 0 Å². The van der Waals surface area contributed by atoms with Crippen LogP contribution < -0.4 is 5.32 Å². The highest BCUT2D eigenvalue weighted by Gasteiger charge is 2.27. The lowest BCUT2D eigenvalue weighted by atomic mass is 10.6. The van der Waals surface area contributed by atoms with Gasteiger partial charge in [0.2, 0.25) is 0 Å². The maximum atomic E-state index is 12.1. The van der Waals surface area contributed by atoms with Crippen molar-refractivity contribution in [3.05, 3.63) is 11.9 Å². The lowest BCUT2D eigenvalue weighted by Crippen LogP contribution is -2.21. The Hall–Kier alpha value is -0.190. The second kappa shape index (κ2) is 8.02. The third kappa shape index (κ3) is 5.44. The summed E-state index contributed by atoms with van der Waals surface area (Å²) in [6.45, 7) is 8.58. The fraction of sp³-hybridized carbons (Fsp3) is 0.778. The van der Waals surface area contributed by atoms with Crippen LogP contribution in [0.1, 0.15) is 13.8 Å². The highest BCUT2D eigenvalue weighted by atomic mass is 31.2. The Morgan fingerprint density at radius 2 is 1.93 bits per heavy atom. The first-order valence-corrected chi connectivity index (χ1v) is 6.54. The standard InChI is InChI=1S/C9H20NO4P/c1-4-13-15(12,14-5-2)9(3)8-10-6-7-11/h10-11H,3-8H2,1-2H3. The molecule has 0 aliphatic rings. The summed E-state index contributed by atoms with van der Waals surface area (Å²) < 4.78 is 22.2. The molecule has 15 heavy (non-hydrogen) atoms. The first-order chi connectivity index (χ1) is 7.10. The maximum Gasteiger partial charge on any atom is 0.358 e. The van der Waals surface area contributed by atoms with Gasteiger partial charge >= 0.3 is 7.60 Å². The Morgan fingerprint density at radius 1 is 1.40 bits per heavy atom. The van der Waals surface area contributed by atoms with Crippen molar-refractivity contribution in [1.29, 1.82) is 0 Å². The predicted octanol–water partition coefficient (Wildman–Crippen LogP) is 1.35. The van der Waals surface area contributed by atoms with Gasteiger partial charge in [0.05, 0.1) is 19.8 Å². The van der Waals surface area contributed by atoms with Crippen molar-refractivity contribution < 1.29 is 18.7 Å². The number of aliphatic hydroxyl groups excluding tert-OH is 1. The Kier molecular flexibility index (Phi) is 7.92. The number of hydrogen-bond acceptors (Lipinski definition) is 5. The molecule has 0 aromatic rings. The number of hydrogen-bond donors (Lipinski definition) is 2. The van der Waals surface area contributed by atoms with Gasteiger partial charge in [-0.3, -0.25) is 4.57 Å². The van der Waals surface area contributed by atoms with Crippen LogP contribution in [0.2, 0.25) is 0 Å². The molecule has 0 spiro atoms. The fourth-order valence-corrected chi connectivity index (χ4v) is 2.39. The summed E-state index contributed by atoms with van der Waals surface area (Å²) in [4.78, 5) is 0. The fourth-order valence-electron chi connectivity index (χ4n) is 0.968. The van der Waals surface area contributed by atoms with E-state index in [-0.39, 0.29) is 6.61 Å². The highest BCUT2D eigenvalue weighted by molar-refractivity contribution is 7.58. The molecule has 0 amide bonds. The molecule has 0 aromatic carbocycles. The zero-order valence-electron chi connectivity index (χ0n) is 9.36. The van der Waals surface area contributed by atoms with Crippen LogP contribution >= 0.6 is 7.60 Å². The lowest BCUT2D eigenvalue weighted by Gasteiger charge is -2.19. The second-order valence-corrected chi connectivity index (χ2v) is 4.94. The van der Waals surface area contributed by atoms with Gasteiger partial charge in [-0.25, -0.2) is 0 Å². The molecule has 90 valence electrons. The van der Waals surface area contributed by atoms with Crippen LogP contribution in [0.5, 0.6) is 0 Å². The van der Waals surface area contributed by atoms with Crippen LogP contribution in [-0.4, -0.2) is 38.0 Å². The molecule has 0 aliphatic heterocycles. The molecular weight excluding hydrogens is 217 g/mol. The van der Waals surface area contributed by atoms with Crippen molar-refractivity contribution >= 4 is 7.60 Å². The summed E-state index contributed by atoms with van der Waals surface area (Å²) >= 11 is 0. The van der Waals surface area contributed by atoms with Crippen molar-refractivity contribution in [1.82, 2.24) is 5.32 Å². The van der Waals surface area contributed by atoms with E-state index < -0.39 is 7.60 Å². The molecule has 0 saturated heterocycles. The van der Waals surface area contributed by atoms with Crippen molar-refractivity contribution in [2.24, 2.45) is 0 Å². The highest BCUT2D eigenvalue weighted by Crippen LogP contribution is 2.54. The van der Waals surface area contributed by atoms with Crippen LogP contribution in [0.25, 0.3) is 0 Å². The molecular formula is C9H20NO4P. The van der Waals surface area contributed by atoms with Gasteiger partial charge < -0.3 is 19.5 Å². The van der Waals surface area contributed by atoms with Gasteiger partial charge in [-0.05, 0) is 13.8 Å². The molecule has 2 N–H and O–H groups in total. The van der Waals surface area contributed by atoms with Crippen LogP contribution in [0.15, 0.2) is 11.9 Å². The van der Waals surface area contributed by atoms with Gasteiger partial charge in [-0.1, -0.05) is 6.58 Å². The zero-order chi connectivity index (χ0) is 11.7. The summed E-state index contributed by atoms with van der Waals surface area (Å²) in [5.41, 5.74) is 0. The topological polar surface area (TPSA) is 67.8 Å². The Bertz CT molecular complexity index is 222. The van der Waals surface area contributed by atoms with E-state index in [1.165, 1.54) is 0 Å². The van der Waals surface area contributed by atoms with Crippen LogP contribution in [-0.2, 0) is 13.6 Å². The molecule has 0 rings (SSSR count). The summed E-state index contributed by atoms with van der Waals surface area (Å²) in [7, 11) is -3.19. The molecule has 0 aliphatic carbocycles. The van der Waals surface area contributed by atoms with Gasteiger partial charge in [0.15, 0.2) is 0 Å². The number of nitrogens with one attached hydrogen (secondary N) is 1. The summed E-state index contributed by atoms with van der Waals surface area (Å²) in [6.07, 6.45) is 0. The second-order valence-electron chi connectivity index (χ2n) is 2.80. The van der Waals surface area contributed by atoms with Gasteiger partial charge in [0.1, 0.15) is 0 Å². The Morgan fingerprint density at radius 3 is 2.33 bits per heavy atom. The van der Waals surface area contributed by atoms with E-state index in [0.717, 1.165) is 0 Å². The van der Waals surface area contributed by atoms with E-state index in [0.29, 0.717) is 31.6 Å². The molecule has 0 bridgehead atoms. The maximum absolute atomic E-state index is 12.1. The molecule has 0 heterocycles. The van der Waals surface area contributed by atoms with Gasteiger partial charge in [0, 0.05) is 18.4 Å². The largest absolute Gasteiger partial charge is 0.395 e. The average Bonchev–Trinajstić information content (AvgIpc) is 2.18. The predicted molar refractivity (Wildman–Crippen MR) is 60.0 cm³/mol. The lowest BCUT2D eigenvalue weighted by molar-refractivity contribution is 0.225. The monoisotopic (exact) mass is 237 g/mol. The van der Waals surface area contributed by atoms with E-state index >= 15 is 0 Å². The zero-order valence-corrected chi connectivity index (χ0v) is 10.3. The summed E-state index contributed by atoms with van der Waals surface area (Å²) in [6, 6.07) is 0. The van der Waals surface area contributed by atoms with Crippen LogP contribution in [0.4, 0.5) is 0 Å². The van der Waals surface area contributed by atoms with Gasteiger partial charge in [-0.2, -0.15) is 0 Å². The minimum absolute atomic E-state index is 0.0286. The molecule has 5 nitrogen and oxygen atoms in total.